The number of aromatic nitrogens is 1. The van der Waals surface area contributed by atoms with Crippen molar-refractivity contribution >= 4 is 23.3 Å². The average molecular weight is 273 g/mol. The zero-order valence-electron chi connectivity index (χ0n) is 11.6. The number of rotatable bonds is 4. The van der Waals surface area contributed by atoms with E-state index in [-0.39, 0.29) is 11.8 Å². The van der Waals surface area contributed by atoms with Crippen LogP contribution in [-0.2, 0) is 9.59 Å². The lowest BCUT2D eigenvalue weighted by atomic mass is 9.93. The first kappa shape index (κ1) is 14.2. The van der Waals surface area contributed by atoms with E-state index >= 15 is 0 Å². The fourth-order valence-electron chi connectivity index (χ4n) is 2.27. The summed E-state index contributed by atoms with van der Waals surface area (Å²) in [5.74, 6) is 0.430. The fraction of sp³-hybridized carbons (Fsp3) is 0.400. The Kier molecular flexibility index (Phi) is 4.87. The molecule has 0 spiro atoms. The first-order valence-electron chi connectivity index (χ1n) is 6.84. The number of hydrogen-bond donors (Lipinski definition) is 2. The van der Waals surface area contributed by atoms with E-state index < -0.39 is 0 Å². The standard InChI is InChI=1S/C15H19N3O2/c1-11(19)17-13-8-5-9-16-15(13)18-14(20)10-12-6-3-2-4-7-12/h3,5-6,8-9,12H,2,4,7,10H2,1H3,(H,17,19)(H,16,18,20)/t12-/m0/s1. The maximum absolute atomic E-state index is 12.0. The van der Waals surface area contributed by atoms with Gasteiger partial charge in [0.2, 0.25) is 11.8 Å². The largest absolute Gasteiger partial charge is 0.323 e. The van der Waals surface area contributed by atoms with E-state index in [0.717, 1.165) is 19.3 Å². The number of amides is 2. The summed E-state index contributed by atoms with van der Waals surface area (Å²) in [6, 6.07) is 3.43. The molecule has 0 unspecified atom stereocenters. The summed E-state index contributed by atoms with van der Waals surface area (Å²) in [6.07, 6.45) is 9.56. The Morgan fingerprint density at radius 3 is 2.95 bits per heavy atom. The Morgan fingerprint density at radius 2 is 2.25 bits per heavy atom. The quantitative estimate of drug-likeness (QED) is 0.829. The van der Waals surface area contributed by atoms with Crippen LogP contribution >= 0.6 is 0 Å². The van der Waals surface area contributed by atoms with E-state index in [2.05, 4.69) is 27.8 Å². The third-order valence-corrected chi connectivity index (χ3v) is 3.18. The molecule has 5 heteroatoms. The van der Waals surface area contributed by atoms with E-state index in [1.54, 1.807) is 18.3 Å². The highest BCUT2D eigenvalue weighted by molar-refractivity contribution is 5.97. The molecule has 1 aromatic heterocycles. The Labute approximate surface area is 118 Å². The Hall–Kier alpha value is -2.17. The number of nitrogens with one attached hydrogen (secondary N) is 2. The van der Waals surface area contributed by atoms with Crippen LogP contribution in [0.3, 0.4) is 0 Å². The summed E-state index contributed by atoms with van der Waals surface area (Å²) < 4.78 is 0. The number of nitrogens with zero attached hydrogens (tertiary/aromatic N) is 1. The maximum Gasteiger partial charge on any atom is 0.226 e. The number of pyridine rings is 1. The van der Waals surface area contributed by atoms with Crippen molar-refractivity contribution in [3.63, 3.8) is 0 Å². The van der Waals surface area contributed by atoms with Crippen molar-refractivity contribution < 1.29 is 9.59 Å². The molecule has 0 aliphatic heterocycles. The lowest BCUT2D eigenvalue weighted by Gasteiger charge is -2.16. The predicted octanol–water partition coefficient (Wildman–Crippen LogP) is 2.72. The van der Waals surface area contributed by atoms with Gasteiger partial charge in [0.15, 0.2) is 5.82 Å². The van der Waals surface area contributed by atoms with Crippen molar-refractivity contribution in [3.8, 4) is 0 Å². The van der Waals surface area contributed by atoms with Gasteiger partial charge >= 0.3 is 0 Å². The molecule has 2 rings (SSSR count). The van der Waals surface area contributed by atoms with Crippen molar-refractivity contribution in [2.24, 2.45) is 5.92 Å². The van der Waals surface area contributed by atoms with Crippen molar-refractivity contribution in [2.75, 3.05) is 10.6 Å². The van der Waals surface area contributed by atoms with Gasteiger partial charge in [0.25, 0.3) is 0 Å². The van der Waals surface area contributed by atoms with Gasteiger partial charge in [0.1, 0.15) is 0 Å². The molecule has 0 bridgehead atoms. The van der Waals surface area contributed by atoms with Crippen LogP contribution in [0, 0.1) is 5.92 Å². The van der Waals surface area contributed by atoms with E-state index in [1.165, 1.54) is 6.92 Å². The predicted molar refractivity (Wildman–Crippen MR) is 78.3 cm³/mol. The minimum Gasteiger partial charge on any atom is -0.323 e. The summed E-state index contributed by atoms with van der Waals surface area (Å²) in [7, 11) is 0. The second kappa shape index (κ2) is 6.84. The summed E-state index contributed by atoms with van der Waals surface area (Å²) in [6.45, 7) is 1.42. The van der Waals surface area contributed by atoms with Crippen molar-refractivity contribution in [1.82, 2.24) is 4.98 Å². The van der Waals surface area contributed by atoms with Crippen molar-refractivity contribution in [3.05, 3.63) is 30.5 Å². The van der Waals surface area contributed by atoms with E-state index in [4.69, 9.17) is 0 Å². The van der Waals surface area contributed by atoms with Gasteiger partial charge in [0, 0.05) is 19.5 Å². The molecule has 106 valence electrons. The molecular formula is C15H19N3O2. The highest BCUT2D eigenvalue weighted by Crippen LogP contribution is 2.22. The average Bonchev–Trinajstić information content (AvgIpc) is 2.41. The zero-order chi connectivity index (χ0) is 14.4. The number of hydrogen-bond acceptors (Lipinski definition) is 3. The van der Waals surface area contributed by atoms with Gasteiger partial charge in [-0.3, -0.25) is 9.59 Å². The second-order valence-corrected chi connectivity index (χ2v) is 4.95. The van der Waals surface area contributed by atoms with Gasteiger partial charge in [-0.05, 0) is 37.3 Å². The first-order valence-corrected chi connectivity index (χ1v) is 6.84. The molecule has 1 aliphatic carbocycles. The smallest absolute Gasteiger partial charge is 0.226 e. The summed E-state index contributed by atoms with van der Waals surface area (Å²) >= 11 is 0. The van der Waals surface area contributed by atoms with Gasteiger partial charge in [-0.15, -0.1) is 0 Å². The minimum atomic E-state index is -0.191. The van der Waals surface area contributed by atoms with E-state index in [9.17, 15) is 9.59 Å². The number of carbonyl (C=O) groups is 2. The molecule has 0 saturated carbocycles. The highest BCUT2D eigenvalue weighted by atomic mass is 16.2. The van der Waals surface area contributed by atoms with Gasteiger partial charge in [-0.1, -0.05) is 12.2 Å². The molecule has 1 aliphatic rings. The lowest BCUT2D eigenvalue weighted by Crippen LogP contribution is -2.19. The molecule has 0 fully saturated rings. The number of anilines is 2. The lowest BCUT2D eigenvalue weighted by molar-refractivity contribution is -0.117. The summed E-state index contributed by atoms with van der Waals surface area (Å²) in [5.41, 5.74) is 0.521. The Morgan fingerprint density at radius 1 is 1.40 bits per heavy atom. The van der Waals surface area contributed by atoms with Crippen LogP contribution in [0.5, 0.6) is 0 Å². The van der Waals surface area contributed by atoms with Crippen LogP contribution in [0.2, 0.25) is 0 Å². The van der Waals surface area contributed by atoms with Crippen LogP contribution in [0.15, 0.2) is 30.5 Å². The molecule has 0 radical (unpaired) electrons. The van der Waals surface area contributed by atoms with Gasteiger partial charge in [0.05, 0.1) is 5.69 Å². The molecule has 1 aromatic rings. The monoisotopic (exact) mass is 273 g/mol. The van der Waals surface area contributed by atoms with Crippen molar-refractivity contribution in [1.29, 1.82) is 0 Å². The van der Waals surface area contributed by atoms with Crippen LogP contribution in [0.25, 0.3) is 0 Å². The zero-order valence-corrected chi connectivity index (χ0v) is 11.6. The second-order valence-electron chi connectivity index (χ2n) is 4.95. The number of allylic oxidation sites excluding steroid dienone is 2. The summed E-state index contributed by atoms with van der Waals surface area (Å²) in [4.78, 5) is 27.2. The van der Waals surface area contributed by atoms with Crippen molar-refractivity contribution in [2.45, 2.75) is 32.6 Å². The SMILES string of the molecule is CC(=O)Nc1cccnc1NC(=O)C[C@H]1C=CCCC1. The highest BCUT2D eigenvalue weighted by Gasteiger charge is 2.15. The molecular weight excluding hydrogens is 254 g/mol. The minimum absolute atomic E-state index is 0.0770. The molecule has 2 amide bonds. The van der Waals surface area contributed by atoms with E-state index in [1.807, 2.05) is 0 Å². The molecule has 0 saturated heterocycles. The van der Waals surface area contributed by atoms with Gasteiger partial charge in [-0.25, -0.2) is 4.98 Å². The molecule has 5 nitrogen and oxygen atoms in total. The summed E-state index contributed by atoms with van der Waals surface area (Å²) in [5, 5.41) is 5.42. The third-order valence-electron chi connectivity index (χ3n) is 3.18. The Balaban J connectivity index is 1.98. The van der Waals surface area contributed by atoms with Crippen LogP contribution in [0.1, 0.15) is 32.6 Å². The molecule has 0 aromatic carbocycles. The van der Waals surface area contributed by atoms with Gasteiger partial charge < -0.3 is 10.6 Å². The molecule has 20 heavy (non-hydrogen) atoms. The first-order chi connectivity index (χ1) is 9.65. The molecule has 1 atom stereocenters. The normalized spacial score (nSPS) is 17.6. The topological polar surface area (TPSA) is 71.1 Å². The van der Waals surface area contributed by atoms with Gasteiger partial charge in [-0.2, -0.15) is 0 Å². The number of carbonyl (C=O) groups excluding carboxylic acids is 2. The van der Waals surface area contributed by atoms with E-state index in [0.29, 0.717) is 23.8 Å². The fourth-order valence-corrected chi connectivity index (χ4v) is 2.27. The molecule has 1 heterocycles. The molecule has 2 N–H and O–H groups in total. The van der Waals surface area contributed by atoms with Crippen LogP contribution < -0.4 is 10.6 Å². The van der Waals surface area contributed by atoms with Crippen LogP contribution in [0.4, 0.5) is 11.5 Å². The Bertz CT molecular complexity index is 526. The van der Waals surface area contributed by atoms with Crippen LogP contribution in [-0.4, -0.2) is 16.8 Å². The maximum atomic E-state index is 12.0. The third kappa shape index (κ3) is 4.19.